The van der Waals surface area contributed by atoms with E-state index in [4.69, 9.17) is 16.2 Å². The molecule has 4 amide bonds. The number of likely N-dealkylation sites (N-methyl/N-ethyl adjacent to an activating group) is 3. The largest absolute Gasteiger partial charge is 0.344 e. The fourth-order valence-corrected chi connectivity index (χ4v) is 5.52. The normalized spacial score (nSPS) is 15.8. The maximum atomic E-state index is 11.8. The molecular weight excluding hydrogens is 706 g/mol. The third-order valence-electron chi connectivity index (χ3n) is 9.01. The number of Topliss-reactive ketones (excluding diaryl/α,β-unsaturated/α-hetero) is 2. The second kappa shape index (κ2) is 21.6. The predicted octanol–water partition coefficient (Wildman–Crippen LogP) is 1.98. The van der Waals surface area contributed by atoms with E-state index in [1.807, 2.05) is 53.7 Å². The SMILES string of the molecule is CC(C)C(=O)CCCN1C(=N)N(C)CC1=O.CC(C)C(=O)c1ccc(CN2C(=N)N(C)CC2=O)cc1.CC(C)NCNC(=O)CCCN1C(=N)N(C)CC1=O. The molecule has 0 unspecified atom stereocenters. The molecule has 304 valence electrons. The summed E-state index contributed by atoms with van der Waals surface area (Å²) in [5.41, 5.74) is 1.60. The summed E-state index contributed by atoms with van der Waals surface area (Å²) in [6.45, 7) is 14.0. The first-order valence-electron chi connectivity index (χ1n) is 18.7. The fraction of sp³-hybridized carbons (Fsp3) is 0.605. The fourth-order valence-electron chi connectivity index (χ4n) is 5.52. The van der Waals surface area contributed by atoms with Crippen LogP contribution in [0, 0.1) is 28.1 Å². The number of benzene rings is 1. The summed E-state index contributed by atoms with van der Waals surface area (Å²) in [6.07, 6.45) is 2.05. The molecule has 5 N–H and O–H groups in total. The van der Waals surface area contributed by atoms with Gasteiger partial charge in [-0.25, -0.2) is 0 Å². The first-order chi connectivity index (χ1) is 25.7. The number of hydrogen-bond donors (Lipinski definition) is 5. The Morgan fingerprint density at radius 2 is 1.09 bits per heavy atom. The molecule has 17 nitrogen and oxygen atoms in total. The van der Waals surface area contributed by atoms with Crippen molar-refractivity contribution in [2.24, 2.45) is 11.8 Å². The number of carbonyl (C=O) groups excluding carboxylic acids is 6. The highest BCUT2D eigenvalue weighted by Crippen LogP contribution is 2.15. The zero-order valence-electron chi connectivity index (χ0n) is 34.0. The number of nitrogens with zero attached hydrogens (tertiary/aromatic N) is 6. The van der Waals surface area contributed by atoms with Gasteiger partial charge in [-0.1, -0.05) is 52.0 Å². The molecule has 55 heavy (non-hydrogen) atoms. The van der Waals surface area contributed by atoms with Crippen LogP contribution in [0.3, 0.4) is 0 Å². The highest BCUT2D eigenvalue weighted by Gasteiger charge is 2.32. The number of amides is 4. The molecule has 4 rings (SSSR count). The molecule has 0 atom stereocenters. The lowest BCUT2D eigenvalue weighted by molar-refractivity contribution is -0.126. The van der Waals surface area contributed by atoms with Crippen LogP contribution in [-0.4, -0.2) is 149 Å². The minimum atomic E-state index is -0.0746. The maximum absolute atomic E-state index is 11.8. The van der Waals surface area contributed by atoms with E-state index >= 15 is 0 Å². The van der Waals surface area contributed by atoms with Gasteiger partial charge in [0.2, 0.25) is 41.5 Å². The van der Waals surface area contributed by atoms with Crippen LogP contribution >= 0.6 is 0 Å². The van der Waals surface area contributed by atoms with Crippen LogP contribution in [0.2, 0.25) is 0 Å². The number of rotatable bonds is 16. The van der Waals surface area contributed by atoms with Gasteiger partial charge in [-0.3, -0.25) is 65.0 Å². The predicted molar refractivity (Wildman–Crippen MR) is 210 cm³/mol. The van der Waals surface area contributed by atoms with E-state index in [2.05, 4.69) is 10.6 Å². The van der Waals surface area contributed by atoms with E-state index in [0.29, 0.717) is 63.6 Å². The summed E-state index contributed by atoms with van der Waals surface area (Å²) < 4.78 is 0. The van der Waals surface area contributed by atoms with E-state index in [1.165, 1.54) is 14.7 Å². The van der Waals surface area contributed by atoms with E-state index in [-0.39, 0.29) is 84.5 Å². The Labute approximate surface area is 325 Å². The molecule has 0 spiro atoms. The maximum Gasteiger partial charge on any atom is 0.249 e. The van der Waals surface area contributed by atoms with E-state index in [0.717, 1.165) is 5.56 Å². The number of carbonyl (C=O) groups is 6. The summed E-state index contributed by atoms with van der Waals surface area (Å²) >= 11 is 0. The second-order valence-electron chi connectivity index (χ2n) is 14.8. The zero-order valence-corrected chi connectivity index (χ0v) is 34.0. The van der Waals surface area contributed by atoms with Gasteiger partial charge in [0.25, 0.3) is 0 Å². The van der Waals surface area contributed by atoms with Gasteiger partial charge in [0.1, 0.15) is 5.78 Å². The van der Waals surface area contributed by atoms with Crippen LogP contribution in [0.25, 0.3) is 0 Å². The minimum Gasteiger partial charge on any atom is -0.344 e. The molecule has 0 radical (unpaired) electrons. The first kappa shape index (κ1) is 46.0. The van der Waals surface area contributed by atoms with Gasteiger partial charge in [-0.2, -0.15) is 0 Å². The smallest absolute Gasteiger partial charge is 0.249 e. The van der Waals surface area contributed by atoms with Gasteiger partial charge in [0.15, 0.2) is 5.78 Å². The minimum absolute atomic E-state index is 0.0252. The Hall–Kier alpha value is -5.19. The van der Waals surface area contributed by atoms with Crippen LogP contribution in [-0.2, 0) is 30.5 Å². The number of nitrogens with one attached hydrogen (secondary N) is 5. The summed E-state index contributed by atoms with van der Waals surface area (Å²) in [5.74, 6) is 0.789. The molecule has 3 aliphatic heterocycles. The topological polar surface area (TPSA) is 217 Å². The second-order valence-corrected chi connectivity index (χ2v) is 14.8. The van der Waals surface area contributed by atoms with E-state index < -0.39 is 0 Å². The van der Waals surface area contributed by atoms with Crippen LogP contribution in [0.5, 0.6) is 0 Å². The number of hydrogen-bond acceptors (Lipinski definition) is 10. The number of ketones is 2. The summed E-state index contributed by atoms with van der Waals surface area (Å²) in [5, 5.41) is 29.0. The third-order valence-corrected chi connectivity index (χ3v) is 9.01. The highest BCUT2D eigenvalue weighted by atomic mass is 16.2. The molecule has 0 bridgehead atoms. The van der Waals surface area contributed by atoms with Crippen molar-refractivity contribution < 1.29 is 28.8 Å². The molecular formula is C38H61N11O6. The molecule has 1 aromatic carbocycles. The monoisotopic (exact) mass is 767 g/mol. The summed E-state index contributed by atoms with van der Waals surface area (Å²) in [7, 11) is 5.16. The van der Waals surface area contributed by atoms with Gasteiger partial charge in [0, 0.05) is 70.5 Å². The van der Waals surface area contributed by atoms with Crippen LogP contribution < -0.4 is 10.6 Å². The van der Waals surface area contributed by atoms with Gasteiger partial charge < -0.3 is 20.0 Å². The lowest BCUT2D eigenvalue weighted by Gasteiger charge is -2.17. The van der Waals surface area contributed by atoms with Crippen molar-refractivity contribution in [1.82, 2.24) is 40.0 Å². The lowest BCUT2D eigenvalue weighted by atomic mass is 10.00. The molecule has 3 heterocycles. The van der Waals surface area contributed by atoms with Crippen molar-refractivity contribution in [3.05, 3.63) is 35.4 Å². The Morgan fingerprint density at radius 1 is 0.655 bits per heavy atom. The van der Waals surface area contributed by atoms with Crippen LogP contribution in [0.4, 0.5) is 0 Å². The third kappa shape index (κ3) is 14.2. The van der Waals surface area contributed by atoms with Crippen molar-refractivity contribution in [3.63, 3.8) is 0 Å². The van der Waals surface area contributed by atoms with Gasteiger partial charge >= 0.3 is 0 Å². The molecule has 1 aromatic rings. The number of guanidine groups is 3. The van der Waals surface area contributed by atoms with Gasteiger partial charge in [0.05, 0.1) is 32.8 Å². The highest BCUT2D eigenvalue weighted by molar-refractivity contribution is 6.04. The standard InChI is InChI=1S/C15H19N3O2.C12H23N5O2.C11H19N3O2/c1-10(2)14(20)12-6-4-11(5-7-12)8-18-13(19)9-17(3)15(18)16;1-9(2)14-8-15-10(18)5-4-6-17-11(19)7-16(3)12(17)13;1-8(2)9(15)5-4-6-14-10(16)7-13(3)11(14)12/h4-7,10,16H,8-9H2,1-3H3;9,13-14H,4-8H2,1-3H3,(H,15,18);8,12H,4-7H2,1-3H3. The molecule has 3 saturated heterocycles. The zero-order chi connectivity index (χ0) is 41.6. The molecule has 0 aromatic heterocycles. The van der Waals surface area contributed by atoms with Crippen molar-refractivity contribution in [1.29, 1.82) is 16.2 Å². The Morgan fingerprint density at radius 3 is 1.47 bits per heavy atom. The molecule has 17 heteroatoms. The van der Waals surface area contributed by atoms with E-state index in [9.17, 15) is 28.8 Å². The van der Waals surface area contributed by atoms with Crippen molar-refractivity contribution >= 4 is 53.1 Å². The molecule has 3 aliphatic rings. The van der Waals surface area contributed by atoms with Gasteiger partial charge in [-0.05, 0) is 32.3 Å². The van der Waals surface area contributed by atoms with Crippen molar-refractivity contribution in [2.75, 3.05) is 60.5 Å². The average molecular weight is 768 g/mol. The van der Waals surface area contributed by atoms with Crippen molar-refractivity contribution in [2.45, 2.75) is 79.8 Å². The summed E-state index contributed by atoms with van der Waals surface area (Å²) in [6, 6.07) is 7.58. The lowest BCUT2D eigenvalue weighted by Crippen LogP contribution is -2.38. The quantitative estimate of drug-likeness (QED) is 0.122. The van der Waals surface area contributed by atoms with Crippen molar-refractivity contribution in [3.8, 4) is 0 Å². The van der Waals surface area contributed by atoms with E-state index in [1.54, 1.807) is 48.0 Å². The Bertz CT molecular complexity index is 1580. The molecule has 3 fully saturated rings. The van der Waals surface area contributed by atoms with Crippen LogP contribution in [0.1, 0.15) is 83.1 Å². The first-order valence-corrected chi connectivity index (χ1v) is 18.7. The molecule has 0 saturated carbocycles. The van der Waals surface area contributed by atoms with Gasteiger partial charge in [-0.15, -0.1) is 0 Å². The average Bonchev–Trinajstić information content (AvgIpc) is 3.62. The molecule has 0 aliphatic carbocycles. The van der Waals surface area contributed by atoms with Crippen LogP contribution in [0.15, 0.2) is 24.3 Å². The Balaban J connectivity index is 0.000000287. The Kier molecular flexibility index (Phi) is 18.1. The summed E-state index contributed by atoms with van der Waals surface area (Å²) in [4.78, 5) is 78.6.